The van der Waals surface area contributed by atoms with Crippen LogP contribution in [0.4, 0.5) is 5.69 Å². The fourth-order valence-electron chi connectivity index (χ4n) is 3.29. The molecule has 3 N–H and O–H groups in total. The zero-order valence-electron chi connectivity index (χ0n) is 15.6. The summed E-state index contributed by atoms with van der Waals surface area (Å²) < 4.78 is 27.6. The highest BCUT2D eigenvalue weighted by Gasteiger charge is 2.19. The quantitative estimate of drug-likeness (QED) is 0.656. The lowest BCUT2D eigenvalue weighted by Gasteiger charge is -2.21. The molecule has 0 bridgehead atoms. The van der Waals surface area contributed by atoms with Crippen LogP contribution in [0.5, 0.6) is 0 Å². The maximum Gasteiger partial charge on any atom is 0.306 e. The molecule has 8 heteroatoms. The molecule has 0 unspecified atom stereocenters. The number of esters is 1. The summed E-state index contributed by atoms with van der Waals surface area (Å²) in [5.41, 5.74) is 0.396. The average Bonchev–Trinajstić information content (AvgIpc) is 2.62. The number of benzene rings is 1. The molecule has 0 heterocycles. The number of anilines is 1. The van der Waals surface area contributed by atoms with Crippen LogP contribution in [0.1, 0.15) is 58.3 Å². The zero-order valence-corrected chi connectivity index (χ0v) is 16.5. The van der Waals surface area contributed by atoms with Crippen molar-refractivity contribution in [2.45, 2.75) is 69.3 Å². The standard InChI is InChI=1S/C19H28N2O5S/c1-14(26-18(22)9-5-8-15-6-3-2-4-7-15)19(23)21-16-10-12-17(13-11-16)27(20,24)25/h10-15H,2-9H2,1H3,(H,21,23)(H2,20,24,25)/t14-/m0/s1. The first kappa shape index (κ1) is 21.4. The Labute approximate surface area is 160 Å². The molecule has 1 amide bonds. The number of carbonyl (C=O) groups is 2. The van der Waals surface area contributed by atoms with Crippen molar-refractivity contribution in [3.05, 3.63) is 24.3 Å². The molecule has 27 heavy (non-hydrogen) atoms. The van der Waals surface area contributed by atoms with E-state index < -0.39 is 22.0 Å². The van der Waals surface area contributed by atoms with E-state index in [2.05, 4.69) is 5.32 Å². The number of primary sulfonamides is 1. The molecule has 1 atom stereocenters. The Kier molecular flexibility index (Phi) is 7.79. The maximum atomic E-state index is 12.1. The van der Waals surface area contributed by atoms with Crippen molar-refractivity contribution in [1.29, 1.82) is 0 Å². The van der Waals surface area contributed by atoms with Gasteiger partial charge >= 0.3 is 5.97 Å². The Hall–Kier alpha value is -1.93. The van der Waals surface area contributed by atoms with E-state index >= 15 is 0 Å². The zero-order chi connectivity index (χ0) is 19.9. The van der Waals surface area contributed by atoms with Crippen LogP contribution < -0.4 is 10.5 Å². The molecule has 0 spiro atoms. The molecule has 0 aliphatic heterocycles. The number of sulfonamides is 1. The van der Waals surface area contributed by atoms with E-state index in [1.54, 1.807) is 0 Å². The number of amides is 1. The molecule has 2 rings (SSSR count). The van der Waals surface area contributed by atoms with Gasteiger partial charge in [0.2, 0.25) is 10.0 Å². The topological polar surface area (TPSA) is 116 Å². The van der Waals surface area contributed by atoms with Crippen LogP contribution in [0.25, 0.3) is 0 Å². The molecule has 1 aromatic carbocycles. The van der Waals surface area contributed by atoms with Crippen molar-refractivity contribution >= 4 is 27.6 Å². The Morgan fingerprint density at radius 1 is 1.19 bits per heavy atom. The Balaban J connectivity index is 1.73. The lowest BCUT2D eigenvalue weighted by molar-refractivity contribution is -0.153. The lowest BCUT2D eigenvalue weighted by atomic mass is 9.86. The lowest BCUT2D eigenvalue weighted by Crippen LogP contribution is -2.30. The molecule has 0 aromatic heterocycles. The molecule has 150 valence electrons. The summed E-state index contributed by atoms with van der Waals surface area (Å²) in [6.07, 6.45) is 7.59. The van der Waals surface area contributed by atoms with Gasteiger partial charge in [-0.25, -0.2) is 13.6 Å². The second-order valence-corrected chi connectivity index (χ2v) is 8.65. The van der Waals surface area contributed by atoms with Crippen LogP contribution in [0.3, 0.4) is 0 Å². The molecule has 1 fully saturated rings. The molecule has 0 radical (unpaired) electrons. The molecular formula is C19H28N2O5S. The summed E-state index contributed by atoms with van der Waals surface area (Å²) in [6.45, 7) is 1.51. The SMILES string of the molecule is C[C@H](OC(=O)CCCC1CCCCC1)C(=O)Nc1ccc(S(N)(=O)=O)cc1. The minimum atomic E-state index is -3.78. The molecule has 1 saturated carbocycles. The fourth-order valence-corrected chi connectivity index (χ4v) is 3.81. The summed E-state index contributed by atoms with van der Waals surface area (Å²) >= 11 is 0. The highest BCUT2D eigenvalue weighted by molar-refractivity contribution is 7.89. The van der Waals surface area contributed by atoms with Gasteiger partial charge in [0.05, 0.1) is 4.90 Å². The number of hydrogen-bond acceptors (Lipinski definition) is 5. The van der Waals surface area contributed by atoms with Gasteiger partial charge in [-0.3, -0.25) is 9.59 Å². The van der Waals surface area contributed by atoms with Crippen molar-refractivity contribution < 1.29 is 22.7 Å². The minimum Gasteiger partial charge on any atom is -0.453 e. The predicted molar refractivity (Wildman–Crippen MR) is 102 cm³/mol. The third-order valence-electron chi connectivity index (χ3n) is 4.85. The molecular weight excluding hydrogens is 368 g/mol. The second kappa shape index (κ2) is 9.85. The second-order valence-electron chi connectivity index (χ2n) is 7.09. The highest BCUT2D eigenvalue weighted by Crippen LogP contribution is 2.27. The summed E-state index contributed by atoms with van der Waals surface area (Å²) in [5.74, 6) is -0.135. The van der Waals surface area contributed by atoms with E-state index in [1.165, 1.54) is 63.3 Å². The van der Waals surface area contributed by atoms with Gasteiger partial charge in [0.1, 0.15) is 0 Å². The van der Waals surface area contributed by atoms with Crippen molar-refractivity contribution in [1.82, 2.24) is 0 Å². The van der Waals surface area contributed by atoms with Gasteiger partial charge in [-0.2, -0.15) is 0 Å². The van der Waals surface area contributed by atoms with Crippen LogP contribution >= 0.6 is 0 Å². The van der Waals surface area contributed by atoms with Crippen molar-refractivity contribution in [3.63, 3.8) is 0 Å². The molecule has 7 nitrogen and oxygen atoms in total. The molecule has 1 aliphatic carbocycles. The van der Waals surface area contributed by atoms with Gasteiger partial charge < -0.3 is 10.1 Å². The van der Waals surface area contributed by atoms with Crippen molar-refractivity contribution in [3.8, 4) is 0 Å². The van der Waals surface area contributed by atoms with Crippen LogP contribution in [-0.2, 0) is 24.3 Å². The first-order valence-electron chi connectivity index (χ1n) is 9.39. The predicted octanol–water partition coefficient (Wildman–Crippen LogP) is 2.95. The Bertz CT molecular complexity index is 740. The number of nitrogens with one attached hydrogen (secondary N) is 1. The largest absolute Gasteiger partial charge is 0.453 e. The minimum absolute atomic E-state index is 0.0436. The van der Waals surface area contributed by atoms with Gasteiger partial charge in [-0.1, -0.05) is 32.1 Å². The number of nitrogens with two attached hydrogens (primary N) is 1. The third-order valence-corrected chi connectivity index (χ3v) is 5.78. The van der Waals surface area contributed by atoms with E-state index in [0.717, 1.165) is 12.8 Å². The average molecular weight is 397 g/mol. The third kappa shape index (κ3) is 7.30. The van der Waals surface area contributed by atoms with Gasteiger partial charge in [0, 0.05) is 12.1 Å². The van der Waals surface area contributed by atoms with Crippen molar-refractivity contribution in [2.75, 3.05) is 5.32 Å². The van der Waals surface area contributed by atoms with Crippen molar-refractivity contribution in [2.24, 2.45) is 11.1 Å². The first-order chi connectivity index (χ1) is 12.8. The maximum absolute atomic E-state index is 12.1. The highest BCUT2D eigenvalue weighted by atomic mass is 32.2. The van der Waals surface area contributed by atoms with Crippen LogP contribution in [0.2, 0.25) is 0 Å². The number of hydrogen-bond donors (Lipinski definition) is 2. The number of carbonyl (C=O) groups excluding carboxylic acids is 2. The van der Waals surface area contributed by atoms with Gasteiger partial charge in [-0.15, -0.1) is 0 Å². The van der Waals surface area contributed by atoms with E-state index in [9.17, 15) is 18.0 Å². The number of ether oxygens (including phenoxy) is 1. The molecule has 0 saturated heterocycles. The molecule has 1 aromatic rings. The van der Waals surface area contributed by atoms with Crippen LogP contribution in [0.15, 0.2) is 29.2 Å². The van der Waals surface area contributed by atoms with Gasteiger partial charge in [0.15, 0.2) is 6.10 Å². The monoisotopic (exact) mass is 396 g/mol. The summed E-state index contributed by atoms with van der Waals surface area (Å²) in [4.78, 5) is 24.0. The fraction of sp³-hybridized carbons (Fsp3) is 0.579. The van der Waals surface area contributed by atoms with Crippen LogP contribution in [-0.4, -0.2) is 26.4 Å². The van der Waals surface area contributed by atoms with E-state index in [4.69, 9.17) is 9.88 Å². The summed E-state index contributed by atoms with van der Waals surface area (Å²) in [5, 5.41) is 7.61. The van der Waals surface area contributed by atoms with E-state index in [-0.39, 0.29) is 10.9 Å². The molecule has 1 aliphatic rings. The normalized spacial score (nSPS) is 16.5. The summed E-state index contributed by atoms with van der Waals surface area (Å²) in [7, 11) is -3.78. The number of rotatable bonds is 8. The van der Waals surface area contributed by atoms with Gasteiger partial charge in [-0.05, 0) is 49.9 Å². The first-order valence-corrected chi connectivity index (χ1v) is 10.9. The summed E-state index contributed by atoms with van der Waals surface area (Å²) in [6, 6.07) is 5.45. The van der Waals surface area contributed by atoms with E-state index in [0.29, 0.717) is 18.0 Å². The van der Waals surface area contributed by atoms with E-state index in [1.807, 2.05) is 0 Å². The van der Waals surface area contributed by atoms with Gasteiger partial charge in [0.25, 0.3) is 5.91 Å². The Morgan fingerprint density at radius 2 is 1.81 bits per heavy atom. The van der Waals surface area contributed by atoms with Crippen LogP contribution in [0, 0.1) is 5.92 Å². The Morgan fingerprint density at radius 3 is 2.41 bits per heavy atom. The smallest absolute Gasteiger partial charge is 0.306 e.